The van der Waals surface area contributed by atoms with Gasteiger partial charge in [0.15, 0.2) is 0 Å². The van der Waals surface area contributed by atoms with Crippen molar-refractivity contribution < 1.29 is 19.5 Å². The Kier molecular flexibility index (Phi) is 3.29. The molecule has 1 aromatic carbocycles. The van der Waals surface area contributed by atoms with Gasteiger partial charge in [-0.2, -0.15) is 0 Å². The van der Waals surface area contributed by atoms with Gasteiger partial charge in [-0.15, -0.1) is 0 Å². The van der Waals surface area contributed by atoms with Crippen LogP contribution in [0.4, 0.5) is 0 Å². The van der Waals surface area contributed by atoms with Crippen LogP contribution in [0, 0.1) is 0 Å². The first kappa shape index (κ1) is 11.2. The molecule has 0 aliphatic carbocycles. The van der Waals surface area contributed by atoms with E-state index in [9.17, 15) is 9.67 Å². The van der Waals surface area contributed by atoms with Gasteiger partial charge in [0.1, 0.15) is 11.1 Å². The highest BCUT2D eigenvalue weighted by Gasteiger charge is 2.21. The lowest BCUT2D eigenvalue weighted by molar-refractivity contribution is 0.384. The first-order valence-corrected chi connectivity index (χ1v) is 5.64. The highest BCUT2D eigenvalue weighted by atomic mass is 31.2. The highest BCUT2D eigenvalue weighted by molar-refractivity contribution is 7.60. The van der Waals surface area contributed by atoms with Crippen LogP contribution in [0.5, 0.6) is 5.75 Å². The van der Waals surface area contributed by atoms with Crippen LogP contribution in [-0.2, 0) is 11.0 Å². The minimum atomic E-state index is -4.40. The summed E-state index contributed by atoms with van der Waals surface area (Å²) in [5.41, 5.74) is 6.00. The molecular formula is C8H12NO4P. The average Bonchev–Trinajstić information content (AvgIpc) is 2.07. The Labute approximate surface area is 81.3 Å². The zero-order valence-corrected chi connectivity index (χ0v) is 8.32. The number of hydrogen-bond acceptors (Lipinski definition) is 3. The average molecular weight is 217 g/mol. The molecule has 1 aromatic rings. The number of phenols is 1. The van der Waals surface area contributed by atoms with E-state index in [1.165, 1.54) is 12.1 Å². The number of hydrogen-bond donors (Lipinski definition) is 4. The Morgan fingerprint density at radius 2 is 2.00 bits per heavy atom. The summed E-state index contributed by atoms with van der Waals surface area (Å²) in [5.74, 6) is -0.390. The Morgan fingerprint density at radius 3 is 2.50 bits per heavy atom. The summed E-state index contributed by atoms with van der Waals surface area (Å²) in [4.78, 5) is 17.8. The SMILES string of the molecule is NCCc1ccc(O)c(P(=O)(O)O)c1. The molecule has 0 heterocycles. The summed E-state index contributed by atoms with van der Waals surface area (Å²) in [6.07, 6.45) is 0.521. The first-order valence-electron chi connectivity index (χ1n) is 4.03. The van der Waals surface area contributed by atoms with Gasteiger partial charge in [-0.25, -0.2) is 0 Å². The summed E-state index contributed by atoms with van der Waals surface area (Å²) < 4.78 is 10.9. The van der Waals surface area contributed by atoms with Crippen molar-refractivity contribution in [1.29, 1.82) is 0 Å². The molecule has 0 atom stereocenters. The number of aromatic hydroxyl groups is 1. The van der Waals surface area contributed by atoms with E-state index in [1.54, 1.807) is 6.07 Å². The van der Waals surface area contributed by atoms with Gasteiger partial charge in [0.25, 0.3) is 0 Å². The molecule has 5 N–H and O–H groups in total. The summed E-state index contributed by atoms with van der Waals surface area (Å²) in [6, 6.07) is 4.13. The van der Waals surface area contributed by atoms with Crippen molar-refractivity contribution in [3.63, 3.8) is 0 Å². The van der Waals surface area contributed by atoms with Gasteiger partial charge in [0, 0.05) is 0 Å². The second kappa shape index (κ2) is 4.11. The lowest BCUT2D eigenvalue weighted by atomic mass is 10.1. The number of phenolic OH excluding ortho intramolecular Hbond substituents is 1. The van der Waals surface area contributed by atoms with Gasteiger partial charge < -0.3 is 20.6 Å². The molecule has 5 nitrogen and oxygen atoms in total. The normalized spacial score (nSPS) is 11.6. The molecule has 0 radical (unpaired) electrons. The number of nitrogens with two attached hydrogens (primary N) is 1. The van der Waals surface area contributed by atoms with Crippen molar-refractivity contribution in [2.24, 2.45) is 5.73 Å². The zero-order chi connectivity index (χ0) is 10.8. The van der Waals surface area contributed by atoms with E-state index < -0.39 is 7.60 Å². The quantitative estimate of drug-likeness (QED) is 0.520. The molecule has 0 unspecified atom stereocenters. The standard InChI is InChI=1S/C8H12NO4P/c9-4-3-6-1-2-7(10)8(5-6)14(11,12)13/h1-2,5,10H,3-4,9H2,(H2,11,12,13). The Morgan fingerprint density at radius 1 is 1.36 bits per heavy atom. The molecule has 0 aromatic heterocycles. The Bertz CT molecular complexity index is 374. The topological polar surface area (TPSA) is 104 Å². The fourth-order valence-electron chi connectivity index (χ4n) is 1.12. The maximum atomic E-state index is 10.9. The van der Waals surface area contributed by atoms with Gasteiger partial charge >= 0.3 is 7.60 Å². The van der Waals surface area contributed by atoms with E-state index in [1.807, 2.05) is 0 Å². The van der Waals surface area contributed by atoms with Crippen LogP contribution in [-0.4, -0.2) is 21.4 Å². The molecule has 1 rings (SSSR count). The van der Waals surface area contributed by atoms with E-state index in [2.05, 4.69) is 0 Å². The molecule has 0 aliphatic rings. The van der Waals surface area contributed by atoms with E-state index in [0.717, 1.165) is 0 Å². The van der Waals surface area contributed by atoms with Gasteiger partial charge in [0.2, 0.25) is 0 Å². The molecule has 0 amide bonds. The smallest absolute Gasteiger partial charge is 0.359 e. The predicted molar refractivity (Wildman–Crippen MR) is 52.5 cm³/mol. The molecule has 6 heteroatoms. The third-order valence-corrected chi connectivity index (χ3v) is 2.77. The van der Waals surface area contributed by atoms with Crippen LogP contribution in [0.15, 0.2) is 18.2 Å². The van der Waals surface area contributed by atoms with Crippen molar-refractivity contribution in [2.75, 3.05) is 6.54 Å². The van der Waals surface area contributed by atoms with Crippen LogP contribution in [0.2, 0.25) is 0 Å². The van der Waals surface area contributed by atoms with E-state index >= 15 is 0 Å². The van der Waals surface area contributed by atoms with Crippen molar-refractivity contribution in [1.82, 2.24) is 0 Å². The van der Waals surface area contributed by atoms with E-state index in [-0.39, 0.29) is 11.1 Å². The lowest BCUT2D eigenvalue weighted by Crippen LogP contribution is -2.09. The van der Waals surface area contributed by atoms with E-state index in [4.69, 9.17) is 15.5 Å². The Balaban J connectivity index is 3.15. The zero-order valence-electron chi connectivity index (χ0n) is 7.42. The fourth-order valence-corrected chi connectivity index (χ4v) is 1.83. The Hall–Kier alpha value is -0.870. The predicted octanol–water partition coefficient (Wildman–Crippen LogP) is -0.304. The van der Waals surface area contributed by atoms with Crippen molar-refractivity contribution >= 4 is 12.9 Å². The molecule has 0 fully saturated rings. The maximum Gasteiger partial charge on any atom is 0.359 e. The third kappa shape index (κ3) is 2.56. The monoisotopic (exact) mass is 217 g/mol. The maximum absolute atomic E-state index is 10.9. The fraction of sp³-hybridized carbons (Fsp3) is 0.250. The summed E-state index contributed by atoms with van der Waals surface area (Å²) >= 11 is 0. The van der Waals surface area contributed by atoms with Crippen molar-refractivity contribution in [3.8, 4) is 5.75 Å². The van der Waals surface area contributed by atoms with Crippen molar-refractivity contribution in [3.05, 3.63) is 23.8 Å². The lowest BCUT2D eigenvalue weighted by Gasteiger charge is -2.08. The first-order chi connectivity index (χ1) is 6.45. The van der Waals surface area contributed by atoms with Gasteiger partial charge in [0.05, 0.1) is 0 Å². The van der Waals surface area contributed by atoms with Crippen molar-refractivity contribution in [2.45, 2.75) is 6.42 Å². The highest BCUT2D eigenvalue weighted by Crippen LogP contribution is 2.37. The number of benzene rings is 1. The third-order valence-electron chi connectivity index (χ3n) is 1.79. The minimum absolute atomic E-state index is 0.344. The van der Waals surface area contributed by atoms with Gasteiger partial charge in [-0.3, -0.25) is 4.57 Å². The summed E-state index contributed by atoms with van der Waals surface area (Å²) in [6.45, 7) is 0.394. The van der Waals surface area contributed by atoms with Crippen LogP contribution in [0.3, 0.4) is 0 Å². The van der Waals surface area contributed by atoms with Crippen LogP contribution in [0.1, 0.15) is 5.56 Å². The molecule has 78 valence electrons. The van der Waals surface area contributed by atoms with Crippen LogP contribution < -0.4 is 11.0 Å². The van der Waals surface area contributed by atoms with Gasteiger partial charge in [-0.05, 0) is 30.7 Å². The van der Waals surface area contributed by atoms with Gasteiger partial charge in [-0.1, -0.05) is 6.07 Å². The molecule has 0 spiro atoms. The second-order valence-electron chi connectivity index (χ2n) is 2.91. The van der Waals surface area contributed by atoms with E-state index in [0.29, 0.717) is 18.5 Å². The molecular weight excluding hydrogens is 205 g/mol. The summed E-state index contributed by atoms with van der Waals surface area (Å²) in [5, 5.41) is 8.87. The van der Waals surface area contributed by atoms with Crippen LogP contribution >= 0.6 is 7.60 Å². The molecule has 0 saturated carbocycles. The number of rotatable bonds is 3. The second-order valence-corrected chi connectivity index (χ2v) is 4.48. The molecule has 0 bridgehead atoms. The molecule has 14 heavy (non-hydrogen) atoms. The summed E-state index contributed by atoms with van der Waals surface area (Å²) in [7, 11) is -4.40. The molecule has 0 saturated heterocycles. The van der Waals surface area contributed by atoms with Crippen LogP contribution in [0.25, 0.3) is 0 Å². The molecule has 0 aliphatic heterocycles. The minimum Gasteiger partial charge on any atom is -0.507 e. The largest absolute Gasteiger partial charge is 0.507 e.